The summed E-state index contributed by atoms with van der Waals surface area (Å²) in [5, 5.41) is 11.7. The SMILES string of the molecule is CNC(=O)c1cc(F)c(-c2nc3n(c2C[C@H]2CN(C(=O)O)CCO2)CCC(C)C3)c(F)c1. The lowest BCUT2D eigenvalue weighted by molar-refractivity contribution is -0.0218. The predicted molar refractivity (Wildman–Crippen MR) is 111 cm³/mol. The van der Waals surface area contributed by atoms with Gasteiger partial charge in [0.2, 0.25) is 0 Å². The van der Waals surface area contributed by atoms with Gasteiger partial charge in [-0.25, -0.2) is 18.6 Å². The van der Waals surface area contributed by atoms with Crippen molar-refractivity contribution in [3.05, 3.63) is 40.8 Å². The summed E-state index contributed by atoms with van der Waals surface area (Å²) in [6, 6.07) is 2.01. The molecule has 10 heteroatoms. The highest BCUT2D eigenvalue weighted by Gasteiger charge is 2.31. The molecule has 0 bridgehead atoms. The number of rotatable bonds is 4. The number of carboxylic acid groups (broad SMARTS) is 1. The molecule has 1 aromatic carbocycles. The Bertz CT molecular complexity index is 1030. The number of carbonyl (C=O) groups excluding carboxylic acids is 1. The molecule has 2 aliphatic heterocycles. The molecule has 0 radical (unpaired) electrons. The summed E-state index contributed by atoms with van der Waals surface area (Å²) in [5.74, 6) is -1.19. The molecule has 8 nitrogen and oxygen atoms in total. The van der Waals surface area contributed by atoms with Gasteiger partial charge in [-0.05, 0) is 24.5 Å². The van der Waals surface area contributed by atoms with E-state index in [1.54, 1.807) is 0 Å². The highest BCUT2D eigenvalue weighted by atomic mass is 19.1. The first-order chi connectivity index (χ1) is 15.3. The molecule has 1 fully saturated rings. The van der Waals surface area contributed by atoms with Gasteiger partial charge in [0.05, 0.1) is 30.5 Å². The number of carbonyl (C=O) groups is 2. The van der Waals surface area contributed by atoms with Crippen molar-refractivity contribution in [2.45, 2.75) is 38.8 Å². The van der Waals surface area contributed by atoms with Crippen LogP contribution in [0.25, 0.3) is 11.3 Å². The first-order valence-corrected chi connectivity index (χ1v) is 10.7. The Hall–Kier alpha value is -3.01. The van der Waals surface area contributed by atoms with Crippen LogP contribution in [0.5, 0.6) is 0 Å². The fourth-order valence-corrected chi connectivity index (χ4v) is 4.43. The largest absolute Gasteiger partial charge is 0.465 e. The van der Waals surface area contributed by atoms with Crippen molar-refractivity contribution in [2.75, 3.05) is 26.7 Å². The first kappa shape index (κ1) is 22.2. The van der Waals surface area contributed by atoms with Crippen molar-refractivity contribution in [3.8, 4) is 11.3 Å². The van der Waals surface area contributed by atoms with Gasteiger partial charge < -0.3 is 24.6 Å². The summed E-state index contributed by atoms with van der Waals surface area (Å²) in [6.07, 6.45) is 0.388. The van der Waals surface area contributed by atoms with E-state index in [2.05, 4.69) is 17.2 Å². The van der Waals surface area contributed by atoms with Gasteiger partial charge in [0.25, 0.3) is 5.91 Å². The topological polar surface area (TPSA) is 96.7 Å². The number of morpholine rings is 1. The minimum atomic E-state index is -1.02. The number of nitrogens with one attached hydrogen (secondary N) is 1. The zero-order valence-electron chi connectivity index (χ0n) is 18.0. The average molecular weight is 448 g/mol. The molecule has 2 aliphatic rings. The quantitative estimate of drug-likeness (QED) is 0.750. The van der Waals surface area contributed by atoms with Crippen LogP contribution < -0.4 is 5.32 Å². The Balaban J connectivity index is 1.76. The van der Waals surface area contributed by atoms with E-state index in [4.69, 9.17) is 4.74 Å². The zero-order chi connectivity index (χ0) is 23.0. The van der Waals surface area contributed by atoms with Crippen LogP contribution in [0, 0.1) is 17.6 Å². The van der Waals surface area contributed by atoms with Gasteiger partial charge in [0.1, 0.15) is 17.5 Å². The lowest BCUT2D eigenvalue weighted by Gasteiger charge is -2.31. The number of aromatic nitrogens is 2. The lowest BCUT2D eigenvalue weighted by atomic mass is 9.99. The molecule has 2 N–H and O–H groups in total. The molecule has 4 rings (SSSR count). The number of ether oxygens (including phenoxy) is 1. The zero-order valence-corrected chi connectivity index (χ0v) is 18.0. The summed E-state index contributed by atoms with van der Waals surface area (Å²) in [4.78, 5) is 29.1. The van der Waals surface area contributed by atoms with E-state index < -0.39 is 29.7 Å². The molecule has 32 heavy (non-hydrogen) atoms. The molecule has 1 aromatic heterocycles. The van der Waals surface area contributed by atoms with Gasteiger partial charge in [-0.2, -0.15) is 0 Å². The molecule has 172 valence electrons. The second-order valence-corrected chi connectivity index (χ2v) is 8.39. The predicted octanol–water partition coefficient (Wildman–Crippen LogP) is 2.69. The van der Waals surface area contributed by atoms with Crippen LogP contribution >= 0.6 is 0 Å². The summed E-state index contributed by atoms with van der Waals surface area (Å²) >= 11 is 0. The van der Waals surface area contributed by atoms with Crippen molar-refractivity contribution >= 4 is 12.0 Å². The second-order valence-electron chi connectivity index (χ2n) is 8.39. The Kier molecular flexibility index (Phi) is 6.14. The monoisotopic (exact) mass is 448 g/mol. The van der Waals surface area contributed by atoms with E-state index in [0.29, 0.717) is 24.6 Å². The Morgan fingerprint density at radius 2 is 2.00 bits per heavy atom. The number of halogens is 2. The maximum atomic E-state index is 15.1. The average Bonchev–Trinajstić information content (AvgIpc) is 3.09. The van der Waals surface area contributed by atoms with Gasteiger partial charge in [0.15, 0.2) is 0 Å². The van der Waals surface area contributed by atoms with Crippen LogP contribution in [-0.4, -0.2) is 64.4 Å². The lowest BCUT2D eigenvalue weighted by Crippen LogP contribution is -2.46. The summed E-state index contributed by atoms with van der Waals surface area (Å²) < 4.78 is 37.9. The standard InChI is InChI=1S/C22H26F2N4O4/c1-12-3-4-28-17(10-14-11-27(22(30)31)5-6-32-14)20(26-18(28)7-12)19-15(23)8-13(9-16(19)24)21(29)25-2/h8-9,12,14H,3-7,10-11H2,1-2H3,(H,25,29)(H,30,31)/t12?,14-/m0/s1. The third-order valence-corrected chi connectivity index (χ3v) is 6.13. The molecule has 3 heterocycles. The van der Waals surface area contributed by atoms with Crippen molar-refractivity contribution in [2.24, 2.45) is 5.92 Å². The van der Waals surface area contributed by atoms with Crippen LogP contribution in [0.1, 0.15) is 35.2 Å². The molecule has 0 saturated carbocycles. The van der Waals surface area contributed by atoms with Gasteiger partial charge in [-0.1, -0.05) is 6.92 Å². The summed E-state index contributed by atoms with van der Waals surface area (Å²) in [6.45, 7) is 3.48. The van der Waals surface area contributed by atoms with Crippen LogP contribution in [0.3, 0.4) is 0 Å². The van der Waals surface area contributed by atoms with Crippen LogP contribution in [0.15, 0.2) is 12.1 Å². The van der Waals surface area contributed by atoms with Gasteiger partial charge >= 0.3 is 6.09 Å². The van der Waals surface area contributed by atoms with Crippen molar-refractivity contribution < 1.29 is 28.2 Å². The molecule has 2 aromatic rings. The molecule has 1 saturated heterocycles. The molecule has 0 aliphatic carbocycles. The van der Waals surface area contributed by atoms with Crippen LogP contribution in [0.4, 0.5) is 13.6 Å². The second kappa shape index (κ2) is 8.85. The fraction of sp³-hybridized carbons (Fsp3) is 0.500. The number of imidazole rings is 1. The van der Waals surface area contributed by atoms with E-state index >= 15 is 8.78 Å². The summed E-state index contributed by atoms with van der Waals surface area (Å²) in [5.41, 5.74) is 0.407. The van der Waals surface area contributed by atoms with Crippen LogP contribution in [0.2, 0.25) is 0 Å². The van der Waals surface area contributed by atoms with E-state index in [9.17, 15) is 14.7 Å². The highest BCUT2D eigenvalue weighted by molar-refractivity contribution is 5.94. The smallest absolute Gasteiger partial charge is 0.407 e. The Labute approximate surface area is 184 Å². The summed E-state index contributed by atoms with van der Waals surface area (Å²) in [7, 11) is 1.39. The number of fused-ring (bicyclic) bond motifs is 1. The third kappa shape index (κ3) is 4.19. The highest BCUT2D eigenvalue weighted by Crippen LogP contribution is 2.34. The molecular weight excluding hydrogens is 422 g/mol. The maximum Gasteiger partial charge on any atom is 0.407 e. The fourth-order valence-electron chi connectivity index (χ4n) is 4.43. The molecule has 1 unspecified atom stereocenters. The Morgan fingerprint density at radius 3 is 2.66 bits per heavy atom. The van der Waals surface area contributed by atoms with Crippen molar-refractivity contribution in [3.63, 3.8) is 0 Å². The van der Waals surface area contributed by atoms with E-state index in [-0.39, 0.29) is 42.9 Å². The number of nitrogens with zero attached hydrogens (tertiary/aromatic N) is 3. The maximum absolute atomic E-state index is 15.1. The number of benzene rings is 1. The minimum Gasteiger partial charge on any atom is -0.465 e. The van der Waals surface area contributed by atoms with E-state index in [0.717, 1.165) is 24.4 Å². The van der Waals surface area contributed by atoms with Gasteiger partial charge in [-0.15, -0.1) is 0 Å². The van der Waals surface area contributed by atoms with Crippen molar-refractivity contribution in [1.82, 2.24) is 19.8 Å². The number of hydrogen-bond acceptors (Lipinski definition) is 4. The molecule has 2 atom stereocenters. The first-order valence-electron chi connectivity index (χ1n) is 10.7. The number of hydrogen-bond donors (Lipinski definition) is 2. The minimum absolute atomic E-state index is 0.113. The molecule has 0 spiro atoms. The van der Waals surface area contributed by atoms with Crippen LogP contribution in [-0.2, 0) is 24.1 Å². The Morgan fingerprint density at radius 1 is 1.28 bits per heavy atom. The van der Waals surface area contributed by atoms with E-state index in [1.807, 2.05) is 4.57 Å². The van der Waals surface area contributed by atoms with Crippen molar-refractivity contribution in [1.29, 1.82) is 0 Å². The normalized spacial score (nSPS) is 20.7. The third-order valence-electron chi connectivity index (χ3n) is 6.13. The molecular formula is C22H26F2N4O4. The van der Waals surface area contributed by atoms with Gasteiger partial charge in [-0.3, -0.25) is 4.79 Å². The molecule has 2 amide bonds. The van der Waals surface area contributed by atoms with Gasteiger partial charge in [0, 0.05) is 44.2 Å². The van der Waals surface area contributed by atoms with E-state index in [1.165, 1.54) is 11.9 Å². The number of amides is 2.